The molecule has 1 aromatic heterocycles. The minimum Gasteiger partial charge on any atom is -0.495 e. The first-order valence-corrected chi connectivity index (χ1v) is 8.22. The fourth-order valence-corrected chi connectivity index (χ4v) is 2.56. The van der Waals surface area contributed by atoms with E-state index in [1.807, 2.05) is 50.2 Å². The molecule has 0 aliphatic carbocycles. The first kappa shape index (κ1) is 17.5. The number of nitrogens with zero attached hydrogens (tertiary/aromatic N) is 3. The second kappa shape index (κ2) is 7.69. The van der Waals surface area contributed by atoms with Gasteiger partial charge in [-0.25, -0.2) is 14.5 Å². The molecule has 0 saturated heterocycles. The predicted octanol–water partition coefficient (Wildman–Crippen LogP) is 3.60. The van der Waals surface area contributed by atoms with Gasteiger partial charge in [-0.3, -0.25) is 5.32 Å². The first-order valence-electron chi connectivity index (χ1n) is 8.22. The molecule has 1 heterocycles. The Labute approximate surface area is 152 Å². The summed E-state index contributed by atoms with van der Waals surface area (Å²) in [4.78, 5) is 16.3. The highest BCUT2D eigenvalue weighted by Gasteiger charge is 2.10. The molecule has 0 bridgehead atoms. The number of carbonyl (C=O) groups is 1. The molecule has 7 heteroatoms. The second-order valence-corrected chi connectivity index (χ2v) is 5.98. The van der Waals surface area contributed by atoms with Crippen LogP contribution in [0.2, 0.25) is 0 Å². The van der Waals surface area contributed by atoms with Crippen molar-refractivity contribution in [3.05, 3.63) is 65.5 Å². The van der Waals surface area contributed by atoms with Crippen LogP contribution in [0.4, 0.5) is 16.4 Å². The van der Waals surface area contributed by atoms with Gasteiger partial charge >= 0.3 is 6.03 Å². The van der Waals surface area contributed by atoms with Crippen LogP contribution in [0.5, 0.6) is 5.75 Å². The van der Waals surface area contributed by atoms with E-state index in [9.17, 15) is 4.79 Å². The molecule has 3 aromatic rings. The fraction of sp³-hybridized carbons (Fsp3) is 0.211. The maximum Gasteiger partial charge on any atom is 0.326 e. The van der Waals surface area contributed by atoms with E-state index in [0.717, 1.165) is 11.1 Å². The predicted molar refractivity (Wildman–Crippen MR) is 101 cm³/mol. The van der Waals surface area contributed by atoms with Crippen LogP contribution in [0.3, 0.4) is 0 Å². The lowest BCUT2D eigenvalue weighted by Crippen LogP contribution is -2.21. The van der Waals surface area contributed by atoms with Gasteiger partial charge in [0.05, 0.1) is 19.3 Å². The molecular formula is C19H21N5O2. The number of hydrogen-bond donors (Lipinski definition) is 2. The van der Waals surface area contributed by atoms with Gasteiger partial charge < -0.3 is 10.1 Å². The van der Waals surface area contributed by atoms with Gasteiger partial charge in [0.1, 0.15) is 12.1 Å². The van der Waals surface area contributed by atoms with Gasteiger partial charge in [-0.2, -0.15) is 0 Å². The zero-order valence-electron chi connectivity index (χ0n) is 15.0. The molecule has 134 valence electrons. The summed E-state index contributed by atoms with van der Waals surface area (Å²) < 4.78 is 6.94. The standard InChI is InChI=1S/C19H21N5O2/c1-13-8-9-17(26-3)16(10-13)21-19(25)22-18-20-12-24(23-18)11-15-7-5-4-6-14(15)2/h4-10,12H,11H2,1-3H3,(H2,21,22,23,25). The number of hydrogen-bond acceptors (Lipinski definition) is 4. The smallest absolute Gasteiger partial charge is 0.326 e. The van der Waals surface area contributed by atoms with E-state index >= 15 is 0 Å². The third-order valence-corrected chi connectivity index (χ3v) is 3.96. The van der Waals surface area contributed by atoms with Crippen LogP contribution in [0, 0.1) is 13.8 Å². The summed E-state index contributed by atoms with van der Waals surface area (Å²) in [5.41, 5.74) is 3.94. The van der Waals surface area contributed by atoms with Crippen molar-refractivity contribution in [3.63, 3.8) is 0 Å². The lowest BCUT2D eigenvalue weighted by molar-refractivity contribution is 0.262. The van der Waals surface area contributed by atoms with Gasteiger partial charge in [-0.05, 0) is 42.7 Å². The van der Waals surface area contributed by atoms with Crippen molar-refractivity contribution >= 4 is 17.7 Å². The SMILES string of the molecule is COc1ccc(C)cc1NC(=O)Nc1ncn(Cc2ccccc2C)n1. The molecule has 2 aromatic carbocycles. The van der Waals surface area contributed by atoms with Crippen molar-refractivity contribution in [2.24, 2.45) is 0 Å². The number of rotatable bonds is 5. The zero-order chi connectivity index (χ0) is 18.5. The number of ether oxygens (including phenoxy) is 1. The first-order chi connectivity index (χ1) is 12.5. The van der Waals surface area contributed by atoms with Crippen molar-refractivity contribution in [1.29, 1.82) is 0 Å². The summed E-state index contributed by atoms with van der Waals surface area (Å²) in [6, 6.07) is 13.2. The fourth-order valence-electron chi connectivity index (χ4n) is 2.56. The molecule has 0 fully saturated rings. The van der Waals surface area contributed by atoms with Crippen LogP contribution in [0.1, 0.15) is 16.7 Å². The molecule has 3 rings (SSSR count). The van der Waals surface area contributed by atoms with Gasteiger partial charge in [0.15, 0.2) is 0 Å². The second-order valence-electron chi connectivity index (χ2n) is 5.98. The highest BCUT2D eigenvalue weighted by atomic mass is 16.5. The van der Waals surface area contributed by atoms with Gasteiger partial charge in [-0.15, -0.1) is 5.10 Å². The van der Waals surface area contributed by atoms with E-state index in [1.54, 1.807) is 24.2 Å². The van der Waals surface area contributed by atoms with E-state index < -0.39 is 6.03 Å². The van der Waals surface area contributed by atoms with E-state index in [1.165, 1.54) is 5.56 Å². The topological polar surface area (TPSA) is 81.1 Å². The van der Waals surface area contributed by atoms with Gasteiger partial charge in [0, 0.05) is 0 Å². The molecule has 7 nitrogen and oxygen atoms in total. The number of urea groups is 1. The lowest BCUT2D eigenvalue weighted by atomic mass is 10.1. The van der Waals surface area contributed by atoms with Crippen molar-refractivity contribution < 1.29 is 9.53 Å². The van der Waals surface area contributed by atoms with Crippen LogP contribution < -0.4 is 15.4 Å². The van der Waals surface area contributed by atoms with Crippen LogP contribution >= 0.6 is 0 Å². The Morgan fingerprint density at radius 3 is 2.73 bits per heavy atom. The van der Waals surface area contributed by atoms with Crippen LogP contribution in [-0.4, -0.2) is 27.9 Å². The Hall–Kier alpha value is -3.35. The number of aromatic nitrogens is 3. The Balaban J connectivity index is 1.65. The highest BCUT2D eigenvalue weighted by Crippen LogP contribution is 2.25. The molecule has 0 aliphatic heterocycles. The van der Waals surface area contributed by atoms with Gasteiger partial charge in [0.2, 0.25) is 5.95 Å². The number of methoxy groups -OCH3 is 1. The van der Waals surface area contributed by atoms with Gasteiger partial charge in [-0.1, -0.05) is 30.3 Å². The average molecular weight is 351 g/mol. The van der Waals surface area contributed by atoms with E-state index in [4.69, 9.17) is 4.74 Å². The molecule has 26 heavy (non-hydrogen) atoms. The quantitative estimate of drug-likeness (QED) is 0.736. The summed E-state index contributed by atoms with van der Waals surface area (Å²) in [5, 5.41) is 9.68. The number of amides is 2. The summed E-state index contributed by atoms with van der Waals surface area (Å²) in [6.07, 6.45) is 1.59. The average Bonchev–Trinajstić information content (AvgIpc) is 3.04. The van der Waals surface area contributed by atoms with Crippen LogP contribution in [-0.2, 0) is 6.54 Å². The van der Waals surface area contributed by atoms with Crippen molar-refractivity contribution in [1.82, 2.24) is 14.8 Å². The molecule has 2 N–H and O–H groups in total. The number of carbonyl (C=O) groups excluding carboxylic acids is 1. The van der Waals surface area contributed by atoms with Crippen LogP contribution in [0.25, 0.3) is 0 Å². The summed E-state index contributed by atoms with van der Waals surface area (Å²) in [5.74, 6) is 0.825. The number of anilines is 2. The number of benzene rings is 2. The molecule has 0 saturated carbocycles. The third-order valence-electron chi connectivity index (χ3n) is 3.96. The van der Waals surface area contributed by atoms with Crippen molar-refractivity contribution in [3.8, 4) is 5.75 Å². The van der Waals surface area contributed by atoms with Crippen LogP contribution in [0.15, 0.2) is 48.8 Å². The minimum absolute atomic E-state index is 0.239. The van der Waals surface area contributed by atoms with E-state index in [0.29, 0.717) is 18.0 Å². The summed E-state index contributed by atoms with van der Waals surface area (Å²) in [7, 11) is 1.56. The maximum atomic E-state index is 12.2. The van der Waals surface area contributed by atoms with Crippen molar-refractivity contribution in [2.75, 3.05) is 17.7 Å². The third kappa shape index (κ3) is 4.18. The minimum atomic E-state index is -0.428. The number of nitrogens with one attached hydrogen (secondary N) is 2. The van der Waals surface area contributed by atoms with Crippen molar-refractivity contribution in [2.45, 2.75) is 20.4 Å². The molecule has 0 aliphatic rings. The monoisotopic (exact) mass is 351 g/mol. The largest absolute Gasteiger partial charge is 0.495 e. The Bertz CT molecular complexity index is 920. The molecule has 2 amide bonds. The number of aryl methyl sites for hydroxylation is 2. The normalized spacial score (nSPS) is 10.4. The molecule has 0 radical (unpaired) electrons. The zero-order valence-corrected chi connectivity index (χ0v) is 15.0. The van der Waals surface area contributed by atoms with Gasteiger partial charge in [0.25, 0.3) is 0 Å². The lowest BCUT2D eigenvalue weighted by Gasteiger charge is -2.10. The Morgan fingerprint density at radius 2 is 1.96 bits per heavy atom. The molecule has 0 unspecified atom stereocenters. The van der Waals surface area contributed by atoms with E-state index in [-0.39, 0.29) is 5.95 Å². The maximum absolute atomic E-state index is 12.2. The molecule has 0 atom stereocenters. The molecule has 0 spiro atoms. The molecular weight excluding hydrogens is 330 g/mol. The Morgan fingerprint density at radius 1 is 1.15 bits per heavy atom. The summed E-state index contributed by atoms with van der Waals surface area (Å²) in [6.45, 7) is 4.58. The summed E-state index contributed by atoms with van der Waals surface area (Å²) >= 11 is 0. The van der Waals surface area contributed by atoms with E-state index in [2.05, 4.69) is 20.7 Å². The Kier molecular flexibility index (Phi) is 5.17. The highest BCUT2D eigenvalue weighted by molar-refractivity contribution is 5.99.